The molecule has 0 saturated heterocycles. The van der Waals surface area contributed by atoms with E-state index in [0.29, 0.717) is 25.7 Å². The van der Waals surface area contributed by atoms with Crippen LogP contribution in [-0.2, 0) is 15.7 Å². The lowest BCUT2D eigenvalue weighted by molar-refractivity contribution is -0.141. The van der Waals surface area contributed by atoms with E-state index in [1.54, 1.807) is 20.8 Å². The van der Waals surface area contributed by atoms with Crippen LogP contribution in [-0.4, -0.2) is 27.8 Å². The normalized spacial score (nSPS) is 21.7. The molecule has 9 heteroatoms. The largest absolute Gasteiger partial charge is 0.444 e. The van der Waals surface area contributed by atoms with Gasteiger partial charge in [0.05, 0.1) is 11.7 Å². The van der Waals surface area contributed by atoms with Crippen LogP contribution in [0.25, 0.3) is 0 Å². The van der Waals surface area contributed by atoms with Gasteiger partial charge in [0.25, 0.3) is 0 Å². The Morgan fingerprint density at radius 3 is 2.36 bits per heavy atom. The Bertz CT molecular complexity index is 627. The molecule has 0 atom stereocenters. The number of ether oxygens (including phenoxy) is 1. The first-order chi connectivity index (χ1) is 11.5. The Hall–Kier alpha value is -2.06. The highest BCUT2D eigenvalue weighted by Crippen LogP contribution is 2.37. The number of rotatable bonds is 3. The molecule has 0 radical (unpaired) electrons. The van der Waals surface area contributed by atoms with E-state index in [-0.39, 0.29) is 12.0 Å². The molecule has 0 aromatic carbocycles. The first kappa shape index (κ1) is 19.3. The van der Waals surface area contributed by atoms with Crippen LogP contribution < -0.4 is 5.32 Å². The van der Waals surface area contributed by atoms with Crippen molar-refractivity contribution in [2.75, 3.05) is 5.32 Å². The van der Waals surface area contributed by atoms with Crippen molar-refractivity contribution in [1.29, 1.82) is 0 Å². The molecule has 1 fully saturated rings. The molecule has 1 aromatic rings. The van der Waals surface area contributed by atoms with Crippen LogP contribution in [0.15, 0.2) is 6.20 Å². The topological polar surface area (TPSA) is 73.2 Å². The summed E-state index contributed by atoms with van der Waals surface area (Å²) >= 11 is 0. The summed E-state index contributed by atoms with van der Waals surface area (Å²) in [5.74, 6) is -0.0479. The first-order valence-corrected chi connectivity index (χ1v) is 8.11. The van der Waals surface area contributed by atoms with Gasteiger partial charge in [-0.05, 0) is 46.5 Å². The maximum Gasteiger partial charge on any atom is 0.437 e. The maximum absolute atomic E-state index is 13.2. The van der Waals surface area contributed by atoms with Crippen molar-refractivity contribution in [2.45, 2.75) is 64.3 Å². The summed E-state index contributed by atoms with van der Waals surface area (Å²) in [6.45, 7) is 4.85. The van der Waals surface area contributed by atoms with Crippen molar-refractivity contribution in [1.82, 2.24) is 9.78 Å². The van der Waals surface area contributed by atoms with E-state index in [1.807, 2.05) is 0 Å². The third-order valence-electron chi connectivity index (χ3n) is 3.94. The number of halogens is 3. The molecule has 1 amide bonds. The number of anilines is 1. The van der Waals surface area contributed by atoms with Crippen LogP contribution in [0.1, 0.15) is 58.2 Å². The summed E-state index contributed by atoms with van der Waals surface area (Å²) in [5.41, 5.74) is -2.42. The van der Waals surface area contributed by atoms with Crippen LogP contribution in [0.4, 0.5) is 23.7 Å². The number of hydrogen-bond donors (Lipinski definition) is 1. The lowest BCUT2D eigenvalue weighted by Gasteiger charge is -2.25. The molecule has 0 spiro atoms. The SMILES string of the molecule is CC(C)(C)OC(=O)Nc1cn([C@H]2CC[C@H](C=O)CC2)nc1C(F)(F)F. The zero-order chi connectivity index (χ0) is 18.8. The van der Waals surface area contributed by atoms with Gasteiger partial charge < -0.3 is 9.53 Å². The van der Waals surface area contributed by atoms with Gasteiger partial charge in [-0.15, -0.1) is 0 Å². The fraction of sp³-hybridized carbons (Fsp3) is 0.688. The van der Waals surface area contributed by atoms with Gasteiger partial charge in [0, 0.05) is 12.1 Å². The number of amides is 1. The van der Waals surface area contributed by atoms with Crippen LogP contribution in [0.3, 0.4) is 0 Å². The van der Waals surface area contributed by atoms with Gasteiger partial charge in [-0.25, -0.2) is 4.79 Å². The van der Waals surface area contributed by atoms with Gasteiger partial charge in [0.15, 0.2) is 5.69 Å². The van der Waals surface area contributed by atoms with Gasteiger partial charge in [0.2, 0.25) is 0 Å². The van der Waals surface area contributed by atoms with Crippen molar-refractivity contribution >= 4 is 18.1 Å². The average molecular weight is 361 g/mol. The number of hydrogen-bond acceptors (Lipinski definition) is 4. The predicted octanol–water partition coefficient (Wildman–Crippen LogP) is 4.18. The van der Waals surface area contributed by atoms with Crippen LogP contribution >= 0.6 is 0 Å². The molecule has 1 aliphatic carbocycles. The van der Waals surface area contributed by atoms with E-state index >= 15 is 0 Å². The van der Waals surface area contributed by atoms with Crippen molar-refractivity contribution < 1.29 is 27.5 Å². The smallest absolute Gasteiger partial charge is 0.437 e. The van der Waals surface area contributed by atoms with Crippen molar-refractivity contribution in [3.8, 4) is 0 Å². The number of carbonyl (C=O) groups excluding carboxylic acids is 2. The first-order valence-electron chi connectivity index (χ1n) is 8.11. The molecule has 1 aliphatic rings. The van der Waals surface area contributed by atoms with E-state index in [0.717, 1.165) is 6.29 Å². The third-order valence-corrected chi connectivity index (χ3v) is 3.94. The number of carbonyl (C=O) groups is 2. The van der Waals surface area contributed by atoms with Gasteiger partial charge in [-0.2, -0.15) is 18.3 Å². The second-order valence-corrected chi connectivity index (χ2v) is 7.20. The summed E-state index contributed by atoms with van der Waals surface area (Å²) in [6, 6.07) is -0.230. The fourth-order valence-electron chi connectivity index (χ4n) is 2.80. The monoisotopic (exact) mass is 361 g/mol. The number of aromatic nitrogens is 2. The molecule has 0 unspecified atom stereocenters. The molecule has 1 heterocycles. The molecule has 1 N–H and O–H groups in total. The van der Waals surface area contributed by atoms with E-state index in [4.69, 9.17) is 4.74 Å². The molecule has 0 aliphatic heterocycles. The van der Waals surface area contributed by atoms with E-state index in [9.17, 15) is 22.8 Å². The zero-order valence-electron chi connectivity index (χ0n) is 14.4. The number of alkyl halides is 3. The second kappa shape index (κ2) is 7.05. The number of nitrogens with one attached hydrogen (secondary N) is 1. The third kappa shape index (κ3) is 5.20. The van der Waals surface area contributed by atoms with Crippen molar-refractivity contribution in [3.63, 3.8) is 0 Å². The Labute approximate surface area is 143 Å². The van der Waals surface area contributed by atoms with E-state index in [1.165, 1.54) is 10.9 Å². The van der Waals surface area contributed by atoms with Gasteiger partial charge in [-0.1, -0.05) is 0 Å². The molecule has 2 rings (SSSR count). The van der Waals surface area contributed by atoms with Gasteiger partial charge in [0.1, 0.15) is 11.9 Å². The molecular weight excluding hydrogens is 339 g/mol. The Morgan fingerprint density at radius 1 is 1.28 bits per heavy atom. The fourth-order valence-corrected chi connectivity index (χ4v) is 2.80. The predicted molar refractivity (Wildman–Crippen MR) is 84.1 cm³/mol. The summed E-state index contributed by atoms with van der Waals surface area (Å²) in [7, 11) is 0. The van der Waals surface area contributed by atoms with Crippen molar-refractivity contribution in [2.24, 2.45) is 5.92 Å². The Kier molecular flexibility index (Phi) is 5.43. The minimum atomic E-state index is -4.70. The maximum atomic E-state index is 13.2. The standard InChI is InChI=1S/C16H22F3N3O3/c1-15(2,3)25-14(24)20-12-8-22(21-13(12)16(17,18)19)11-6-4-10(9-23)5-7-11/h8-11H,4-7H2,1-3H3,(H,20,24)/t10-,11-. The summed E-state index contributed by atoms with van der Waals surface area (Å²) in [6.07, 6.45) is -1.25. The molecular formula is C16H22F3N3O3. The average Bonchev–Trinajstić information content (AvgIpc) is 2.89. The molecule has 25 heavy (non-hydrogen) atoms. The Balaban J connectivity index is 2.20. The van der Waals surface area contributed by atoms with E-state index < -0.39 is 29.3 Å². The molecule has 1 saturated carbocycles. The minimum Gasteiger partial charge on any atom is -0.444 e. The minimum absolute atomic E-state index is 0.0479. The molecule has 0 bridgehead atoms. The number of aldehydes is 1. The van der Waals surface area contributed by atoms with Gasteiger partial charge >= 0.3 is 12.3 Å². The second-order valence-electron chi connectivity index (χ2n) is 7.20. The lowest BCUT2D eigenvalue weighted by atomic mass is 9.87. The molecule has 140 valence electrons. The highest BCUT2D eigenvalue weighted by atomic mass is 19.4. The number of nitrogens with zero attached hydrogens (tertiary/aromatic N) is 2. The summed E-state index contributed by atoms with van der Waals surface area (Å²) < 4.78 is 45.9. The lowest BCUT2D eigenvalue weighted by Crippen LogP contribution is -2.27. The van der Waals surface area contributed by atoms with Crippen LogP contribution in [0.5, 0.6) is 0 Å². The van der Waals surface area contributed by atoms with Crippen molar-refractivity contribution in [3.05, 3.63) is 11.9 Å². The molecule has 6 nitrogen and oxygen atoms in total. The molecule has 1 aromatic heterocycles. The highest BCUT2D eigenvalue weighted by Gasteiger charge is 2.39. The Morgan fingerprint density at radius 2 is 1.88 bits per heavy atom. The van der Waals surface area contributed by atoms with Crippen LogP contribution in [0.2, 0.25) is 0 Å². The van der Waals surface area contributed by atoms with E-state index in [2.05, 4.69) is 10.4 Å². The highest BCUT2D eigenvalue weighted by molar-refractivity contribution is 5.85. The summed E-state index contributed by atoms with van der Waals surface area (Å²) in [4.78, 5) is 22.6. The van der Waals surface area contributed by atoms with Crippen LogP contribution in [0, 0.1) is 5.92 Å². The van der Waals surface area contributed by atoms with Gasteiger partial charge in [-0.3, -0.25) is 10.00 Å². The zero-order valence-corrected chi connectivity index (χ0v) is 14.4. The summed E-state index contributed by atoms with van der Waals surface area (Å²) in [5, 5.41) is 5.77. The quantitative estimate of drug-likeness (QED) is 0.820.